The van der Waals surface area contributed by atoms with Crippen LogP contribution in [0.1, 0.15) is 22.3 Å². The predicted molar refractivity (Wildman–Crippen MR) is 89.0 cm³/mol. The summed E-state index contributed by atoms with van der Waals surface area (Å²) in [5.74, 6) is -0.776. The summed E-state index contributed by atoms with van der Waals surface area (Å²) in [6, 6.07) is 6.82. The van der Waals surface area contributed by atoms with Crippen LogP contribution in [0.2, 0.25) is 0 Å². The van der Waals surface area contributed by atoms with Gasteiger partial charge in [-0.2, -0.15) is 0 Å². The van der Waals surface area contributed by atoms with Crippen LogP contribution in [0.15, 0.2) is 30.6 Å². The summed E-state index contributed by atoms with van der Waals surface area (Å²) >= 11 is 0. The fourth-order valence-corrected chi connectivity index (χ4v) is 2.69. The van der Waals surface area contributed by atoms with Crippen molar-refractivity contribution in [2.45, 2.75) is 25.1 Å². The molecule has 0 unspecified atom stereocenters. The fourth-order valence-electron chi connectivity index (χ4n) is 2.69. The minimum Gasteiger partial charge on any atom is -0.379 e. The first-order valence-electron chi connectivity index (χ1n) is 8.20. The Balaban J connectivity index is 1.58. The van der Waals surface area contributed by atoms with Gasteiger partial charge in [-0.25, -0.2) is 4.68 Å². The van der Waals surface area contributed by atoms with E-state index in [1.165, 1.54) is 6.33 Å². The molecule has 2 aromatic rings. The molecule has 1 fully saturated rings. The van der Waals surface area contributed by atoms with Crippen molar-refractivity contribution in [2.75, 3.05) is 19.8 Å². The highest BCUT2D eigenvalue weighted by Gasteiger charge is 2.28. The van der Waals surface area contributed by atoms with Crippen LogP contribution in [-0.2, 0) is 20.8 Å². The molecular formula is C16H20N6O4. The van der Waals surface area contributed by atoms with E-state index < -0.39 is 5.91 Å². The normalized spacial score (nSPS) is 19.8. The summed E-state index contributed by atoms with van der Waals surface area (Å²) in [4.78, 5) is 23.4. The lowest BCUT2D eigenvalue weighted by Gasteiger charge is -2.31. The third-order valence-electron chi connectivity index (χ3n) is 4.00. The van der Waals surface area contributed by atoms with Gasteiger partial charge < -0.3 is 20.5 Å². The van der Waals surface area contributed by atoms with E-state index in [-0.39, 0.29) is 24.7 Å². The van der Waals surface area contributed by atoms with Gasteiger partial charge in [0.25, 0.3) is 5.91 Å². The van der Waals surface area contributed by atoms with Crippen LogP contribution in [0.3, 0.4) is 0 Å². The van der Waals surface area contributed by atoms with Gasteiger partial charge in [0.05, 0.1) is 25.3 Å². The Morgan fingerprint density at radius 3 is 2.85 bits per heavy atom. The van der Waals surface area contributed by atoms with E-state index in [0.717, 1.165) is 5.56 Å². The van der Waals surface area contributed by atoms with Gasteiger partial charge in [0.2, 0.25) is 5.91 Å². The Morgan fingerprint density at radius 1 is 1.35 bits per heavy atom. The molecule has 1 aliphatic rings. The summed E-state index contributed by atoms with van der Waals surface area (Å²) in [6.07, 6.45) is 1.80. The van der Waals surface area contributed by atoms with E-state index in [1.54, 1.807) is 16.8 Å². The van der Waals surface area contributed by atoms with Crippen molar-refractivity contribution < 1.29 is 19.1 Å². The molecule has 0 aliphatic carbocycles. The maximum Gasteiger partial charge on any atom is 0.251 e. The fraction of sp³-hybridized carbons (Fsp3) is 0.438. The first kappa shape index (κ1) is 18.0. The van der Waals surface area contributed by atoms with E-state index in [9.17, 15) is 9.59 Å². The second-order valence-electron chi connectivity index (χ2n) is 5.96. The first-order chi connectivity index (χ1) is 12.6. The van der Waals surface area contributed by atoms with Crippen molar-refractivity contribution in [1.82, 2.24) is 25.5 Å². The highest BCUT2D eigenvalue weighted by atomic mass is 16.5. The van der Waals surface area contributed by atoms with Gasteiger partial charge in [0, 0.05) is 12.2 Å². The van der Waals surface area contributed by atoms with Crippen LogP contribution >= 0.6 is 0 Å². The summed E-state index contributed by atoms with van der Waals surface area (Å²) in [5.41, 5.74) is 6.60. The average Bonchev–Trinajstić information content (AvgIpc) is 3.14. The van der Waals surface area contributed by atoms with Crippen molar-refractivity contribution in [3.05, 3.63) is 41.7 Å². The molecule has 3 N–H and O–H groups in total. The van der Waals surface area contributed by atoms with E-state index >= 15 is 0 Å². The number of rotatable bonds is 7. The van der Waals surface area contributed by atoms with Gasteiger partial charge >= 0.3 is 0 Å². The molecule has 10 heteroatoms. The number of tetrazole rings is 1. The predicted octanol–water partition coefficient (Wildman–Crippen LogP) is -0.889. The van der Waals surface area contributed by atoms with Crippen LogP contribution in [0, 0.1) is 0 Å². The minimum atomic E-state index is -0.542. The zero-order chi connectivity index (χ0) is 18.4. The third kappa shape index (κ3) is 4.83. The molecule has 1 saturated heterocycles. The second-order valence-corrected chi connectivity index (χ2v) is 5.96. The number of benzene rings is 1. The number of carbonyl (C=O) groups excluding carboxylic acids is 2. The van der Waals surface area contributed by atoms with Crippen molar-refractivity contribution in [1.29, 1.82) is 0 Å². The quantitative estimate of drug-likeness (QED) is 0.654. The number of carbonyl (C=O) groups is 2. The van der Waals surface area contributed by atoms with Gasteiger partial charge in [-0.15, -0.1) is 5.10 Å². The molecule has 3 rings (SSSR count). The molecule has 1 aliphatic heterocycles. The zero-order valence-electron chi connectivity index (χ0n) is 14.1. The van der Waals surface area contributed by atoms with E-state index in [1.807, 2.05) is 12.1 Å². The lowest BCUT2D eigenvalue weighted by atomic mass is 10.1. The molecule has 2 heterocycles. The Kier molecular flexibility index (Phi) is 5.87. The molecule has 2 atom stereocenters. The van der Waals surface area contributed by atoms with Crippen LogP contribution in [0.4, 0.5) is 0 Å². The van der Waals surface area contributed by atoms with E-state index in [4.69, 9.17) is 15.2 Å². The third-order valence-corrected chi connectivity index (χ3v) is 4.00. The van der Waals surface area contributed by atoms with Crippen LogP contribution < -0.4 is 11.1 Å². The number of nitrogens with one attached hydrogen (secondary N) is 1. The van der Waals surface area contributed by atoms with Crippen molar-refractivity contribution in [3.8, 4) is 0 Å². The Morgan fingerprint density at radius 2 is 2.15 bits per heavy atom. The largest absolute Gasteiger partial charge is 0.379 e. The van der Waals surface area contributed by atoms with Crippen molar-refractivity contribution >= 4 is 11.8 Å². The average molecular weight is 360 g/mol. The van der Waals surface area contributed by atoms with Gasteiger partial charge in [0.1, 0.15) is 12.9 Å². The first-order valence-corrected chi connectivity index (χ1v) is 8.20. The summed E-state index contributed by atoms with van der Waals surface area (Å²) in [5, 5.41) is 13.9. The lowest BCUT2D eigenvalue weighted by Crippen LogP contribution is -2.51. The number of hydrogen-bond acceptors (Lipinski definition) is 7. The van der Waals surface area contributed by atoms with E-state index in [2.05, 4.69) is 20.8 Å². The molecule has 1 aromatic carbocycles. The van der Waals surface area contributed by atoms with Crippen molar-refractivity contribution in [3.63, 3.8) is 0 Å². The standard InChI is InChI=1S/C16H20N6O4/c17-15(23)9-26-14-5-6-25-8-13(14)19-16(24)12-3-1-11(2-4-12)7-22-10-18-20-21-22/h1-4,10,13-14H,5-9H2,(H2,17,23)(H,19,24)/t13-,14+/m0/s1. The number of hydrogen-bond donors (Lipinski definition) is 2. The van der Waals surface area contributed by atoms with Crippen molar-refractivity contribution in [2.24, 2.45) is 5.73 Å². The Labute approximate surface area is 149 Å². The van der Waals surface area contributed by atoms with Gasteiger partial charge in [-0.1, -0.05) is 12.1 Å². The molecule has 0 bridgehead atoms. The highest BCUT2D eigenvalue weighted by Crippen LogP contribution is 2.13. The Bertz CT molecular complexity index is 734. The smallest absolute Gasteiger partial charge is 0.251 e. The van der Waals surface area contributed by atoms with Crippen LogP contribution in [-0.4, -0.2) is 64.0 Å². The molecule has 26 heavy (non-hydrogen) atoms. The summed E-state index contributed by atoms with van der Waals surface area (Å²) in [6.45, 7) is 1.19. The SMILES string of the molecule is NC(=O)CO[C@@H]1CCOC[C@@H]1NC(=O)c1ccc(Cn2cnnn2)cc1. The number of primary amides is 1. The van der Waals surface area contributed by atoms with Crippen LogP contribution in [0.25, 0.3) is 0 Å². The van der Waals surface area contributed by atoms with Gasteiger partial charge in [0.15, 0.2) is 0 Å². The molecule has 2 amide bonds. The van der Waals surface area contributed by atoms with Crippen LogP contribution in [0.5, 0.6) is 0 Å². The maximum atomic E-state index is 12.5. The molecule has 0 radical (unpaired) electrons. The second kappa shape index (κ2) is 8.50. The molecular weight excluding hydrogens is 340 g/mol. The number of nitrogens with zero attached hydrogens (tertiary/aromatic N) is 4. The number of aromatic nitrogens is 4. The Hall–Kier alpha value is -2.85. The molecule has 1 aromatic heterocycles. The number of ether oxygens (including phenoxy) is 2. The topological polar surface area (TPSA) is 134 Å². The summed E-state index contributed by atoms with van der Waals surface area (Å²) < 4.78 is 12.5. The monoisotopic (exact) mass is 360 g/mol. The minimum absolute atomic E-state index is 0.178. The molecule has 138 valence electrons. The lowest BCUT2D eigenvalue weighted by molar-refractivity contribution is -0.128. The number of amides is 2. The highest BCUT2D eigenvalue weighted by molar-refractivity contribution is 5.94. The molecule has 10 nitrogen and oxygen atoms in total. The van der Waals surface area contributed by atoms with E-state index in [0.29, 0.717) is 31.7 Å². The van der Waals surface area contributed by atoms with Gasteiger partial charge in [-0.3, -0.25) is 9.59 Å². The zero-order valence-corrected chi connectivity index (χ0v) is 14.1. The number of nitrogens with two attached hydrogens (primary N) is 1. The summed E-state index contributed by atoms with van der Waals surface area (Å²) in [7, 11) is 0. The van der Waals surface area contributed by atoms with Gasteiger partial charge in [-0.05, 0) is 34.5 Å². The molecule has 0 spiro atoms. The molecule has 0 saturated carbocycles. The maximum absolute atomic E-state index is 12.5.